The molecule has 0 saturated carbocycles. The Kier molecular flexibility index (Phi) is 3.04. The molecule has 2 N–H and O–H groups in total. The number of hydrogen-bond donors (Lipinski definition) is 1. The second-order valence-corrected chi connectivity index (χ2v) is 3.98. The zero-order valence-electron chi connectivity index (χ0n) is 9.87. The zero-order valence-corrected chi connectivity index (χ0v) is 9.87. The molecule has 0 aliphatic rings. The number of nitrogens with zero attached hydrogens (tertiary/aromatic N) is 2. The molecule has 1 aromatic heterocycles. The van der Waals surface area contributed by atoms with Gasteiger partial charge in [-0.1, -0.05) is 6.92 Å². The maximum atomic E-state index is 13.3. The van der Waals surface area contributed by atoms with Crippen molar-refractivity contribution < 1.29 is 4.39 Å². The molecule has 2 aromatic rings. The van der Waals surface area contributed by atoms with Gasteiger partial charge in [-0.15, -0.1) is 0 Å². The first-order chi connectivity index (χ1) is 8.08. The van der Waals surface area contributed by atoms with Crippen LogP contribution < -0.4 is 5.73 Å². The van der Waals surface area contributed by atoms with E-state index in [0.717, 1.165) is 17.7 Å². The summed E-state index contributed by atoms with van der Waals surface area (Å²) in [6, 6.07) is 6.46. The second kappa shape index (κ2) is 4.49. The highest BCUT2D eigenvalue weighted by Gasteiger charge is 2.06. The van der Waals surface area contributed by atoms with Gasteiger partial charge in [0.25, 0.3) is 0 Å². The molecule has 4 heteroatoms. The van der Waals surface area contributed by atoms with Crippen molar-refractivity contribution in [3.8, 4) is 11.4 Å². The lowest BCUT2D eigenvalue weighted by atomic mass is 10.1. The first-order valence-electron chi connectivity index (χ1n) is 5.49. The molecule has 0 radical (unpaired) electrons. The third kappa shape index (κ3) is 2.58. The molecular formula is C13H14FN3. The topological polar surface area (TPSA) is 51.8 Å². The van der Waals surface area contributed by atoms with Gasteiger partial charge >= 0.3 is 0 Å². The fourth-order valence-corrected chi connectivity index (χ4v) is 1.69. The highest BCUT2D eigenvalue weighted by atomic mass is 19.1. The number of aryl methyl sites for hydroxylation is 2. The van der Waals surface area contributed by atoms with E-state index in [-0.39, 0.29) is 5.82 Å². The minimum absolute atomic E-state index is 0.288. The van der Waals surface area contributed by atoms with Crippen molar-refractivity contribution in [3.63, 3.8) is 0 Å². The van der Waals surface area contributed by atoms with Crippen molar-refractivity contribution in [3.05, 3.63) is 41.3 Å². The summed E-state index contributed by atoms with van der Waals surface area (Å²) in [5.74, 6) is 0.599. The standard InChI is InChI=1S/C13H14FN3/c1-3-11-7-12(15)17-13(16-11)9-4-8(2)5-10(14)6-9/h4-7H,3H2,1-2H3,(H2,15,16,17). The van der Waals surface area contributed by atoms with Crippen LogP contribution in [0.2, 0.25) is 0 Å². The lowest BCUT2D eigenvalue weighted by molar-refractivity contribution is 0.627. The molecule has 0 amide bonds. The van der Waals surface area contributed by atoms with Crippen molar-refractivity contribution in [1.82, 2.24) is 9.97 Å². The van der Waals surface area contributed by atoms with E-state index in [1.807, 2.05) is 19.9 Å². The summed E-state index contributed by atoms with van der Waals surface area (Å²) in [5.41, 5.74) is 8.05. The molecule has 17 heavy (non-hydrogen) atoms. The predicted octanol–water partition coefficient (Wildman–Crippen LogP) is 2.74. The van der Waals surface area contributed by atoms with Crippen molar-refractivity contribution in [2.75, 3.05) is 5.73 Å². The van der Waals surface area contributed by atoms with Crippen LogP contribution in [0.1, 0.15) is 18.2 Å². The number of benzene rings is 1. The molecule has 3 nitrogen and oxygen atoms in total. The number of nitrogen functional groups attached to an aromatic ring is 1. The number of hydrogen-bond acceptors (Lipinski definition) is 3. The number of aromatic nitrogens is 2. The molecule has 0 aliphatic heterocycles. The van der Waals surface area contributed by atoms with Crippen LogP contribution in [-0.2, 0) is 6.42 Å². The first kappa shape index (κ1) is 11.5. The molecular weight excluding hydrogens is 217 g/mol. The van der Waals surface area contributed by atoms with Crippen LogP contribution in [0.3, 0.4) is 0 Å². The number of nitrogens with two attached hydrogens (primary N) is 1. The van der Waals surface area contributed by atoms with Crippen molar-refractivity contribution in [2.24, 2.45) is 0 Å². The van der Waals surface area contributed by atoms with Crippen LogP contribution in [-0.4, -0.2) is 9.97 Å². The molecule has 88 valence electrons. The van der Waals surface area contributed by atoms with Gasteiger partial charge in [0.2, 0.25) is 0 Å². The maximum absolute atomic E-state index is 13.3. The third-order valence-electron chi connectivity index (χ3n) is 2.46. The van der Waals surface area contributed by atoms with Gasteiger partial charge in [0.15, 0.2) is 5.82 Å². The molecule has 0 atom stereocenters. The van der Waals surface area contributed by atoms with E-state index in [2.05, 4.69) is 9.97 Å². The Morgan fingerprint density at radius 2 is 1.94 bits per heavy atom. The quantitative estimate of drug-likeness (QED) is 0.864. The van der Waals surface area contributed by atoms with Crippen molar-refractivity contribution in [2.45, 2.75) is 20.3 Å². The number of halogens is 1. The highest BCUT2D eigenvalue weighted by Crippen LogP contribution is 2.20. The summed E-state index contributed by atoms with van der Waals surface area (Å²) in [7, 11) is 0. The molecule has 1 aromatic carbocycles. The molecule has 2 rings (SSSR count). The van der Waals surface area contributed by atoms with Crippen molar-refractivity contribution >= 4 is 5.82 Å². The summed E-state index contributed by atoms with van der Waals surface area (Å²) < 4.78 is 13.3. The lowest BCUT2D eigenvalue weighted by Crippen LogP contribution is -2.00. The Labute approximate surface area is 99.5 Å². The molecule has 0 bridgehead atoms. The summed E-state index contributed by atoms with van der Waals surface area (Å²) in [5, 5.41) is 0. The number of rotatable bonds is 2. The van der Waals surface area contributed by atoms with E-state index >= 15 is 0 Å². The van der Waals surface area contributed by atoms with Gasteiger partial charge < -0.3 is 5.73 Å². The highest BCUT2D eigenvalue weighted by molar-refractivity contribution is 5.58. The molecule has 0 saturated heterocycles. The van der Waals surface area contributed by atoms with E-state index in [4.69, 9.17) is 5.73 Å². The summed E-state index contributed by atoms with van der Waals surface area (Å²) in [6.07, 6.45) is 0.772. The second-order valence-electron chi connectivity index (χ2n) is 3.98. The Balaban J connectivity index is 2.55. The number of anilines is 1. The predicted molar refractivity (Wildman–Crippen MR) is 66.0 cm³/mol. The van der Waals surface area contributed by atoms with E-state index in [1.165, 1.54) is 12.1 Å². The van der Waals surface area contributed by atoms with Crippen LogP contribution in [0.25, 0.3) is 11.4 Å². The zero-order chi connectivity index (χ0) is 12.4. The first-order valence-corrected chi connectivity index (χ1v) is 5.49. The Hall–Kier alpha value is -1.97. The third-order valence-corrected chi connectivity index (χ3v) is 2.46. The molecule has 0 fully saturated rings. The minimum Gasteiger partial charge on any atom is -0.384 e. The smallest absolute Gasteiger partial charge is 0.161 e. The fourth-order valence-electron chi connectivity index (χ4n) is 1.69. The largest absolute Gasteiger partial charge is 0.384 e. The van der Waals surface area contributed by atoms with Crippen molar-refractivity contribution in [1.29, 1.82) is 0 Å². The van der Waals surface area contributed by atoms with Gasteiger partial charge in [-0.05, 0) is 37.1 Å². The van der Waals surface area contributed by atoms with E-state index < -0.39 is 0 Å². The lowest BCUT2D eigenvalue weighted by Gasteiger charge is -2.05. The minimum atomic E-state index is -0.288. The fraction of sp³-hybridized carbons (Fsp3) is 0.231. The van der Waals surface area contributed by atoms with Crippen LogP contribution in [0.4, 0.5) is 10.2 Å². The van der Waals surface area contributed by atoms with Gasteiger partial charge in [0.05, 0.1) is 0 Å². The Morgan fingerprint density at radius 3 is 2.59 bits per heavy atom. The summed E-state index contributed by atoms with van der Waals surface area (Å²) in [4.78, 5) is 8.48. The summed E-state index contributed by atoms with van der Waals surface area (Å²) >= 11 is 0. The maximum Gasteiger partial charge on any atom is 0.161 e. The van der Waals surface area contributed by atoms with Gasteiger partial charge in [-0.2, -0.15) is 0 Å². The monoisotopic (exact) mass is 231 g/mol. The van der Waals surface area contributed by atoms with Gasteiger partial charge in [-0.25, -0.2) is 14.4 Å². The van der Waals surface area contributed by atoms with Crippen LogP contribution >= 0.6 is 0 Å². The average molecular weight is 231 g/mol. The molecule has 1 heterocycles. The molecule has 0 unspecified atom stereocenters. The van der Waals surface area contributed by atoms with Gasteiger partial charge in [0.1, 0.15) is 11.6 Å². The van der Waals surface area contributed by atoms with E-state index in [9.17, 15) is 4.39 Å². The van der Waals surface area contributed by atoms with Crippen LogP contribution in [0.5, 0.6) is 0 Å². The summed E-state index contributed by atoms with van der Waals surface area (Å²) in [6.45, 7) is 3.82. The van der Waals surface area contributed by atoms with E-state index in [1.54, 1.807) is 6.07 Å². The van der Waals surface area contributed by atoms with Gasteiger partial charge in [0, 0.05) is 17.3 Å². The van der Waals surface area contributed by atoms with E-state index in [0.29, 0.717) is 17.2 Å². The average Bonchev–Trinajstić information content (AvgIpc) is 2.26. The van der Waals surface area contributed by atoms with Crippen LogP contribution in [0, 0.1) is 12.7 Å². The molecule has 0 spiro atoms. The SMILES string of the molecule is CCc1cc(N)nc(-c2cc(C)cc(F)c2)n1. The van der Waals surface area contributed by atoms with Crippen LogP contribution in [0.15, 0.2) is 24.3 Å². The Bertz CT molecular complexity index is 532. The normalized spacial score (nSPS) is 10.5. The van der Waals surface area contributed by atoms with Gasteiger partial charge in [-0.3, -0.25) is 0 Å². The Morgan fingerprint density at radius 1 is 1.18 bits per heavy atom. The molecule has 0 aliphatic carbocycles.